The Morgan fingerprint density at radius 1 is 1.28 bits per heavy atom. The van der Waals surface area contributed by atoms with Crippen LogP contribution >= 0.6 is 0 Å². The highest BCUT2D eigenvalue weighted by Crippen LogP contribution is 2.14. The second-order valence-electron chi connectivity index (χ2n) is 4.65. The van der Waals surface area contributed by atoms with Crippen molar-refractivity contribution >= 4 is 15.9 Å². The first-order chi connectivity index (χ1) is 8.19. The average molecular weight is 269 g/mol. The van der Waals surface area contributed by atoms with Gasteiger partial charge in [0.25, 0.3) is 0 Å². The average Bonchev–Trinajstić information content (AvgIpc) is 2.27. The fourth-order valence-electron chi connectivity index (χ4n) is 1.44. The third-order valence-electron chi connectivity index (χ3n) is 2.60. The van der Waals surface area contributed by atoms with Gasteiger partial charge in [0, 0.05) is 7.05 Å². The predicted molar refractivity (Wildman–Crippen MR) is 73.1 cm³/mol. The molecule has 0 unspecified atom stereocenters. The molecule has 0 aromatic heterocycles. The van der Waals surface area contributed by atoms with Gasteiger partial charge in [0.2, 0.25) is 10.0 Å². The predicted octanol–water partition coefficient (Wildman–Crippen LogP) is 1.04. The molecule has 1 rings (SSSR count). The van der Waals surface area contributed by atoms with E-state index in [2.05, 4.69) is 9.71 Å². The molecule has 0 spiro atoms. The number of nitrogens with two attached hydrogens (primary N) is 1. The Balaban J connectivity index is 3.06. The highest BCUT2D eigenvalue weighted by molar-refractivity contribution is 7.89. The maximum atomic E-state index is 12.2. The fourth-order valence-corrected chi connectivity index (χ4v) is 2.83. The number of nitrogens with zero attached hydrogens (tertiary/aromatic N) is 1. The van der Waals surface area contributed by atoms with Crippen LogP contribution in [0.1, 0.15) is 19.4 Å². The molecular weight excluding hydrogens is 250 g/mol. The quantitative estimate of drug-likeness (QED) is 0.632. The highest BCUT2D eigenvalue weighted by Gasteiger charge is 2.29. The Bertz CT molecular complexity index is 545. The first-order valence-electron chi connectivity index (χ1n) is 5.52. The van der Waals surface area contributed by atoms with Gasteiger partial charge in [-0.2, -0.15) is 4.72 Å². The van der Waals surface area contributed by atoms with E-state index in [0.29, 0.717) is 0 Å². The molecule has 0 saturated heterocycles. The van der Waals surface area contributed by atoms with E-state index in [1.165, 1.54) is 7.05 Å². The Morgan fingerprint density at radius 3 is 2.22 bits per heavy atom. The molecule has 18 heavy (non-hydrogen) atoms. The number of nitrogens with one attached hydrogen (secondary N) is 1. The van der Waals surface area contributed by atoms with Crippen molar-refractivity contribution in [2.45, 2.75) is 31.2 Å². The Kier molecular flexibility index (Phi) is 4.13. The summed E-state index contributed by atoms with van der Waals surface area (Å²) in [5, 5.41) is 0. The molecule has 1 aromatic carbocycles. The third-order valence-corrected chi connectivity index (χ3v) is 4.27. The smallest absolute Gasteiger partial charge is 0.241 e. The van der Waals surface area contributed by atoms with Crippen molar-refractivity contribution in [2.75, 3.05) is 7.05 Å². The topological polar surface area (TPSA) is 84.5 Å². The van der Waals surface area contributed by atoms with Gasteiger partial charge in [-0.05, 0) is 32.9 Å². The summed E-state index contributed by atoms with van der Waals surface area (Å²) in [4.78, 5) is 4.03. The van der Waals surface area contributed by atoms with Crippen LogP contribution in [-0.2, 0) is 10.0 Å². The van der Waals surface area contributed by atoms with Gasteiger partial charge in [-0.25, -0.2) is 8.42 Å². The van der Waals surface area contributed by atoms with Crippen molar-refractivity contribution in [3.05, 3.63) is 29.8 Å². The molecule has 0 aliphatic carbocycles. The first-order valence-corrected chi connectivity index (χ1v) is 7.01. The summed E-state index contributed by atoms with van der Waals surface area (Å²) in [7, 11) is -2.08. The number of benzene rings is 1. The summed E-state index contributed by atoms with van der Waals surface area (Å²) < 4.78 is 26.9. The number of amidine groups is 1. The zero-order valence-corrected chi connectivity index (χ0v) is 11.9. The van der Waals surface area contributed by atoms with Gasteiger partial charge in [0.05, 0.1) is 10.4 Å². The van der Waals surface area contributed by atoms with Crippen molar-refractivity contribution in [3.8, 4) is 0 Å². The fraction of sp³-hybridized carbons (Fsp3) is 0.417. The Hall–Kier alpha value is -1.40. The lowest BCUT2D eigenvalue weighted by atomic mass is 10.1. The van der Waals surface area contributed by atoms with E-state index in [0.717, 1.165) is 5.56 Å². The van der Waals surface area contributed by atoms with E-state index in [4.69, 9.17) is 5.73 Å². The number of rotatable bonds is 4. The lowest BCUT2D eigenvalue weighted by Crippen LogP contribution is -2.52. The standard InChI is InChI=1S/C12H19N3O2S/c1-9-5-7-10(8-6-9)18(16,17)15-12(2,3)11(13)14-4/h5-8,15H,1-4H3,(H2,13,14). The first kappa shape index (κ1) is 14.7. The minimum absolute atomic E-state index is 0.213. The number of hydrogen-bond acceptors (Lipinski definition) is 3. The number of aliphatic imine (C=N–C) groups is 1. The van der Waals surface area contributed by atoms with Crippen molar-refractivity contribution in [3.63, 3.8) is 0 Å². The van der Waals surface area contributed by atoms with Crippen molar-refractivity contribution in [1.29, 1.82) is 0 Å². The zero-order chi connectivity index (χ0) is 14.0. The molecule has 0 aliphatic rings. The van der Waals surface area contributed by atoms with Crippen molar-refractivity contribution in [2.24, 2.45) is 10.7 Å². The molecule has 0 atom stereocenters. The molecule has 0 radical (unpaired) electrons. The zero-order valence-electron chi connectivity index (χ0n) is 11.1. The second-order valence-corrected chi connectivity index (χ2v) is 6.33. The van der Waals surface area contributed by atoms with Crippen LogP contribution in [0.2, 0.25) is 0 Å². The highest BCUT2D eigenvalue weighted by atomic mass is 32.2. The van der Waals surface area contributed by atoms with Crippen LogP contribution < -0.4 is 10.5 Å². The minimum atomic E-state index is -3.60. The van der Waals surface area contributed by atoms with Gasteiger partial charge in [-0.3, -0.25) is 4.99 Å². The number of aryl methyl sites for hydroxylation is 1. The number of hydrogen-bond donors (Lipinski definition) is 2. The molecule has 3 N–H and O–H groups in total. The molecule has 0 saturated carbocycles. The van der Waals surface area contributed by atoms with Crippen LogP contribution in [0.3, 0.4) is 0 Å². The molecule has 0 bridgehead atoms. The van der Waals surface area contributed by atoms with Gasteiger partial charge >= 0.3 is 0 Å². The van der Waals surface area contributed by atoms with E-state index in [9.17, 15) is 8.42 Å². The van der Waals surface area contributed by atoms with Crippen molar-refractivity contribution < 1.29 is 8.42 Å². The van der Waals surface area contributed by atoms with Crippen molar-refractivity contribution in [1.82, 2.24) is 4.72 Å². The summed E-state index contributed by atoms with van der Waals surface area (Å²) in [5.74, 6) is 0.234. The van der Waals surface area contributed by atoms with Crippen LogP contribution in [0.25, 0.3) is 0 Å². The molecule has 0 aliphatic heterocycles. The summed E-state index contributed by atoms with van der Waals surface area (Å²) in [6, 6.07) is 6.62. The lowest BCUT2D eigenvalue weighted by molar-refractivity contribution is 0.543. The van der Waals surface area contributed by atoms with E-state index in [-0.39, 0.29) is 10.7 Å². The van der Waals surface area contributed by atoms with E-state index in [1.54, 1.807) is 38.1 Å². The largest absolute Gasteiger partial charge is 0.386 e. The van der Waals surface area contributed by atoms with Gasteiger partial charge in [-0.1, -0.05) is 17.7 Å². The number of sulfonamides is 1. The third kappa shape index (κ3) is 3.30. The van der Waals surface area contributed by atoms with Gasteiger partial charge in [0.1, 0.15) is 5.84 Å². The molecule has 100 valence electrons. The maximum Gasteiger partial charge on any atom is 0.241 e. The van der Waals surface area contributed by atoms with Gasteiger partial charge < -0.3 is 5.73 Å². The maximum absolute atomic E-state index is 12.2. The summed E-state index contributed by atoms with van der Waals surface area (Å²) in [6.07, 6.45) is 0. The van der Waals surface area contributed by atoms with E-state index < -0.39 is 15.6 Å². The lowest BCUT2D eigenvalue weighted by Gasteiger charge is -2.25. The van der Waals surface area contributed by atoms with Crippen LogP contribution in [0.15, 0.2) is 34.2 Å². The van der Waals surface area contributed by atoms with Gasteiger partial charge in [-0.15, -0.1) is 0 Å². The van der Waals surface area contributed by atoms with Crippen LogP contribution in [0.5, 0.6) is 0 Å². The van der Waals surface area contributed by atoms with Gasteiger partial charge in [0.15, 0.2) is 0 Å². The normalized spacial score (nSPS) is 13.7. The summed E-state index contributed by atoms with van der Waals surface area (Å²) in [6.45, 7) is 5.23. The molecule has 5 nitrogen and oxygen atoms in total. The molecule has 0 fully saturated rings. The molecular formula is C12H19N3O2S. The summed E-state index contributed by atoms with van der Waals surface area (Å²) >= 11 is 0. The SMILES string of the molecule is CN=C(N)C(C)(C)NS(=O)(=O)c1ccc(C)cc1. The van der Waals surface area contributed by atoms with Crippen LogP contribution in [-0.4, -0.2) is 26.8 Å². The summed E-state index contributed by atoms with van der Waals surface area (Å²) in [5.41, 5.74) is 5.77. The molecule has 6 heteroatoms. The van der Waals surface area contributed by atoms with E-state index in [1.807, 2.05) is 6.92 Å². The molecule has 1 aromatic rings. The Morgan fingerprint density at radius 2 is 1.78 bits per heavy atom. The second kappa shape index (κ2) is 5.07. The monoisotopic (exact) mass is 269 g/mol. The minimum Gasteiger partial charge on any atom is -0.386 e. The van der Waals surface area contributed by atoms with Crippen LogP contribution in [0, 0.1) is 6.92 Å². The van der Waals surface area contributed by atoms with Crippen LogP contribution in [0.4, 0.5) is 0 Å². The Labute approximate surface area is 108 Å². The molecule has 0 heterocycles. The molecule has 0 amide bonds. The van der Waals surface area contributed by atoms with E-state index >= 15 is 0 Å².